The molecule has 0 aliphatic heterocycles. The van der Waals surface area contributed by atoms with Crippen molar-refractivity contribution in [3.8, 4) is 5.75 Å². The molecule has 7 heteroatoms. The van der Waals surface area contributed by atoms with E-state index in [0.717, 1.165) is 6.07 Å². The lowest BCUT2D eigenvalue weighted by Crippen LogP contribution is -2.06. The number of aromatic nitrogens is 2. The lowest BCUT2D eigenvalue weighted by molar-refractivity contribution is 0.0685. The summed E-state index contributed by atoms with van der Waals surface area (Å²) in [5.41, 5.74) is -0.518. The smallest absolute Gasteiger partial charge is 0.342 e. The van der Waals surface area contributed by atoms with Gasteiger partial charge in [-0.25, -0.2) is 9.18 Å². The molecular weight excluding hydrogens is 267 g/mol. The molecule has 1 aromatic heterocycles. The Bertz CT molecular complexity index is 625. The first-order chi connectivity index (χ1) is 9.49. The van der Waals surface area contributed by atoms with E-state index in [4.69, 9.17) is 14.4 Å². The summed E-state index contributed by atoms with van der Waals surface area (Å²) in [7, 11) is 0. The number of ether oxygens (including phenoxy) is 1. The Morgan fingerprint density at radius 1 is 1.50 bits per heavy atom. The van der Waals surface area contributed by atoms with E-state index in [1.807, 2.05) is 13.8 Å². The fourth-order valence-electron chi connectivity index (χ4n) is 1.53. The van der Waals surface area contributed by atoms with E-state index in [1.165, 1.54) is 12.1 Å². The van der Waals surface area contributed by atoms with Crippen molar-refractivity contribution in [1.82, 2.24) is 10.1 Å². The molecule has 0 saturated carbocycles. The van der Waals surface area contributed by atoms with Crippen LogP contribution in [0.5, 0.6) is 5.75 Å². The third-order valence-electron chi connectivity index (χ3n) is 2.54. The Kier molecular flexibility index (Phi) is 3.97. The second kappa shape index (κ2) is 5.68. The Morgan fingerprint density at radius 2 is 2.25 bits per heavy atom. The molecule has 20 heavy (non-hydrogen) atoms. The summed E-state index contributed by atoms with van der Waals surface area (Å²) in [5, 5.41) is 12.7. The number of halogens is 1. The molecule has 0 amide bonds. The average molecular weight is 280 g/mol. The maximum absolute atomic E-state index is 13.4. The summed E-state index contributed by atoms with van der Waals surface area (Å²) in [5.74, 6) is -1.50. The Hall–Kier alpha value is -2.44. The van der Waals surface area contributed by atoms with E-state index in [9.17, 15) is 9.18 Å². The quantitative estimate of drug-likeness (QED) is 0.906. The van der Waals surface area contributed by atoms with Crippen LogP contribution in [0.15, 0.2) is 22.7 Å². The number of nitrogens with zero attached hydrogens (tertiary/aromatic N) is 2. The number of carbonyl (C=O) groups is 1. The fourth-order valence-corrected chi connectivity index (χ4v) is 1.53. The van der Waals surface area contributed by atoms with Crippen LogP contribution in [0.2, 0.25) is 0 Å². The zero-order chi connectivity index (χ0) is 14.7. The predicted molar refractivity (Wildman–Crippen MR) is 66.1 cm³/mol. The first-order valence-electron chi connectivity index (χ1n) is 5.96. The molecule has 106 valence electrons. The van der Waals surface area contributed by atoms with Gasteiger partial charge in [0.1, 0.15) is 17.1 Å². The minimum atomic E-state index is -1.40. The van der Waals surface area contributed by atoms with Crippen molar-refractivity contribution < 1.29 is 23.6 Å². The fraction of sp³-hybridized carbons (Fsp3) is 0.308. The average Bonchev–Trinajstić information content (AvgIpc) is 2.84. The molecule has 2 aromatic rings. The van der Waals surface area contributed by atoms with E-state index in [1.54, 1.807) is 0 Å². The zero-order valence-electron chi connectivity index (χ0n) is 11.0. The van der Waals surface area contributed by atoms with E-state index in [0.29, 0.717) is 5.82 Å². The van der Waals surface area contributed by atoms with Crippen LogP contribution in [0.1, 0.15) is 41.8 Å². The molecule has 0 aliphatic carbocycles. The first-order valence-corrected chi connectivity index (χ1v) is 5.96. The second-order valence-electron chi connectivity index (χ2n) is 4.41. The number of aromatic carboxylic acids is 1. The Morgan fingerprint density at radius 3 is 2.85 bits per heavy atom. The first kappa shape index (κ1) is 14.0. The number of carboxylic acids is 1. The minimum absolute atomic E-state index is 0.0817. The minimum Gasteiger partial charge on any atom is -0.483 e. The van der Waals surface area contributed by atoms with E-state index < -0.39 is 17.3 Å². The van der Waals surface area contributed by atoms with Crippen LogP contribution in [0, 0.1) is 5.82 Å². The highest BCUT2D eigenvalue weighted by molar-refractivity contribution is 5.91. The number of hydrogen-bond acceptors (Lipinski definition) is 5. The third kappa shape index (κ3) is 2.93. The summed E-state index contributed by atoms with van der Waals surface area (Å²) in [6.07, 6.45) is 0. The normalized spacial score (nSPS) is 10.8. The lowest BCUT2D eigenvalue weighted by Gasteiger charge is -2.07. The topological polar surface area (TPSA) is 85.5 Å². The standard InChI is InChI=1S/C13H13FN2O4/c1-7(2)12-15-10(20-16-12)6-19-9-5-3-4-8(14)11(9)13(17)18/h3-5,7H,6H2,1-2H3,(H,17,18). The summed E-state index contributed by atoms with van der Waals surface area (Å²) < 4.78 is 23.6. The molecule has 0 bridgehead atoms. The number of carboxylic acid groups (broad SMARTS) is 1. The summed E-state index contributed by atoms with van der Waals surface area (Å²) in [6.45, 7) is 3.69. The molecule has 1 aromatic carbocycles. The van der Waals surface area contributed by atoms with Gasteiger partial charge in [-0.15, -0.1) is 0 Å². The molecule has 0 fully saturated rings. The monoisotopic (exact) mass is 280 g/mol. The number of benzene rings is 1. The summed E-state index contributed by atoms with van der Waals surface area (Å²) in [6, 6.07) is 3.79. The van der Waals surface area contributed by atoms with Gasteiger partial charge in [0, 0.05) is 5.92 Å². The van der Waals surface area contributed by atoms with E-state index in [2.05, 4.69) is 10.1 Å². The highest BCUT2D eigenvalue weighted by Gasteiger charge is 2.18. The molecular formula is C13H13FN2O4. The van der Waals surface area contributed by atoms with E-state index in [-0.39, 0.29) is 24.2 Å². The molecule has 0 spiro atoms. The van der Waals surface area contributed by atoms with Gasteiger partial charge < -0.3 is 14.4 Å². The van der Waals surface area contributed by atoms with E-state index >= 15 is 0 Å². The van der Waals surface area contributed by atoms with Gasteiger partial charge in [-0.2, -0.15) is 4.98 Å². The molecule has 6 nitrogen and oxygen atoms in total. The van der Waals surface area contributed by atoms with Gasteiger partial charge in [-0.05, 0) is 12.1 Å². The van der Waals surface area contributed by atoms with Gasteiger partial charge in [0.25, 0.3) is 5.89 Å². The SMILES string of the molecule is CC(C)c1noc(COc2cccc(F)c2C(=O)O)n1. The van der Waals surface area contributed by atoms with Gasteiger partial charge in [-0.1, -0.05) is 25.1 Å². The summed E-state index contributed by atoms with van der Waals surface area (Å²) >= 11 is 0. The molecule has 0 radical (unpaired) electrons. The second-order valence-corrected chi connectivity index (χ2v) is 4.41. The van der Waals surface area contributed by atoms with Crippen molar-refractivity contribution in [3.05, 3.63) is 41.3 Å². The van der Waals surface area contributed by atoms with Gasteiger partial charge >= 0.3 is 5.97 Å². The Labute approximate surface area is 114 Å². The van der Waals surface area contributed by atoms with Crippen LogP contribution in [0.25, 0.3) is 0 Å². The third-order valence-corrected chi connectivity index (χ3v) is 2.54. The maximum atomic E-state index is 13.4. The van der Waals surface area contributed by atoms with Crippen LogP contribution in [0.4, 0.5) is 4.39 Å². The van der Waals surface area contributed by atoms with Crippen LogP contribution >= 0.6 is 0 Å². The maximum Gasteiger partial charge on any atom is 0.342 e. The largest absolute Gasteiger partial charge is 0.483 e. The van der Waals surface area contributed by atoms with Crippen LogP contribution in [-0.4, -0.2) is 21.2 Å². The van der Waals surface area contributed by atoms with Crippen molar-refractivity contribution in [1.29, 1.82) is 0 Å². The van der Waals surface area contributed by atoms with Crippen molar-refractivity contribution in [2.24, 2.45) is 0 Å². The summed E-state index contributed by atoms with van der Waals surface area (Å²) in [4.78, 5) is 15.1. The molecule has 0 unspecified atom stereocenters. The highest BCUT2D eigenvalue weighted by Crippen LogP contribution is 2.22. The molecule has 2 rings (SSSR count). The van der Waals surface area contributed by atoms with Gasteiger partial charge in [-0.3, -0.25) is 0 Å². The van der Waals surface area contributed by atoms with Crippen molar-refractivity contribution >= 4 is 5.97 Å². The predicted octanol–water partition coefficient (Wildman–Crippen LogP) is 2.61. The molecule has 0 saturated heterocycles. The highest BCUT2D eigenvalue weighted by atomic mass is 19.1. The zero-order valence-corrected chi connectivity index (χ0v) is 11.0. The van der Waals surface area contributed by atoms with Crippen LogP contribution in [-0.2, 0) is 6.61 Å². The van der Waals surface area contributed by atoms with Crippen LogP contribution < -0.4 is 4.74 Å². The van der Waals surface area contributed by atoms with Gasteiger partial charge in [0.15, 0.2) is 12.4 Å². The Balaban J connectivity index is 2.14. The van der Waals surface area contributed by atoms with Crippen LogP contribution in [0.3, 0.4) is 0 Å². The number of rotatable bonds is 5. The van der Waals surface area contributed by atoms with Gasteiger partial charge in [0.2, 0.25) is 0 Å². The van der Waals surface area contributed by atoms with Crippen molar-refractivity contribution in [2.75, 3.05) is 0 Å². The molecule has 0 atom stereocenters. The van der Waals surface area contributed by atoms with Crippen molar-refractivity contribution in [3.63, 3.8) is 0 Å². The molecule has 1 N–H and O–H groups in total. The lowest BCUT2D eigenvalue weighted by atomic mass is 10.2. The van der Waals surface area contributed by atoms with Gasteiger partial charge in [0.05, 0.1) is 0 Å². The van der Waals surface area contributed by atoms with Crippen molar-refractivity contribution in [2.45, 2.75) is 26.4 Å². The molecule has 1 heterocycles. The number of hydrogen-bond donors (Lipinski definition) is 1. The molecule has 0 aliphatic rings.